The van der Waals surface area contributed by atoms with Crippen molar-refractivity contribution >= 4 is 11.6 Å². The highest BCUT2D eigenvalue weighted by Crippen LogP contribution is 2.59. The van der Waals surface area contributed by atoms with E-state index in [4.69, 9.17) is 4.74 Å². The fourth-order valence-electron chi connectivity index (χ4n) is 4.30. The summed E-state index contributed by atoms with van der Waals surface area (Å²) in [6, 6.07) is 11.5. The predicted octanol–water partition coefficient (Wildman–Crippen LogP) is 3.78. The van der Waals surface area contributed by atoms with Crippen LogP contribution in [0.25, 0.3) is 0 Å². The Kier molecular flexibility index (Phi) is 4.98. The summed E-state index contributed by atoms with van der Waals surface area (Å²) in [7, 11) is 1.55. The van der Waals surface area contributed by atoms with Gasteiger partial charge in [0.15, 0.2) is 11.5 Å². The number of anilines is 1. The molecule has 2 aliphatic rings. The van der Waals surface area contributed by atoms with Crippen molar-refractivity contribution in [2.75, 3.05) is 25.5 Å². The quantitative estimate of drug-likeness (QED) is 0.824. The number of ether oxygens (including phenoxy) is 1. The van der Waals surface area contributed by atoms with Crippen LogP contribution in [0, 0.1) is 17.2 Å². The number of phenols is 1. The Balaban J connectivity index is 1.30. The Hall–Kier alpha value is -2.60. The SMILES string of the molecule is COc1cc(CN2CCC3(CC2)CC3C(=O)Nc2cccc(F)c2)ccc1O. The normalized spacial score (nSPS) is 20.7. The molecule has 1 saturated carbocycles. The molecular weight excluding hydrogens is 359 g/mol. The van der Waals surface area contributed by atoms with E-state index in [1.807, 2.05) is 12.1 Å². The van der Waals surface area contributed by atoms with Crippen LogP contribution in [0.4, 0.5) is 10.1 Å². The molecule has 1 amide bonds. The topological polar surface area (TPSA) is 61.8 Å². The zero-order chi connectivity index (χ0) is 19.7. The van der Waals surface area contributed by atoms with Crippen molar-refractivity contribution in [3.63, 3.8) is 0 Å². The van der Waals surface area contributed by atoms with E-state index in [9.17, 15) is 14.3 Å². The number of hydrogen-bond donors (Lipinski definition) is 2. The van der Waals surface area contributed by atoms with Crippen molar-refractivity contribution in [2.45, 2.75) is 25.8 Å². The molecule has 0 radical (unpaired) electrons. The number of carbonyl (C=O) groups is 1. The number of carbonyl (C=O) groups excluding carboxylic acids is 1. The number of amides is 1. The number of benzene rings is 2. The Morgan fingerprint density at radius 2 is 2.07 bits per heavy atom. The lowest BCUT2D eigenvalue weighted by Gasteiger charge is -2.33. The monoisotopic (exact) mass is 384 g/mol. The average molecular weight is 384 g/mol. The molecule has 1 unspecified atom stereocenters. The molecule has 148 valence electrons. The molecule has 1 atom stereocenters. The van der Waals surface area contributed by atoms with Gasteiger partial charge in [0.05, 0.1) is 7.11 Å². The van der Waals surface area contributed by atoms with Crippen LogP contribution in [0.1, 0.15) is 24.8 Å². The second-order valence-corrected chi connectivity index (χ2v) is 7.90. The summed E-state index contributed by atoms with van der Waals surface area (Å²) >= 11 is 0. The van der Waals surface area contributed by atoms with Gasteiger partial charge < -0.3 is 15.2 Å². The van der Waals surface area contributed by atoms with Gasteiger partial charge in [-0.3, -0.25) is 9.69 Å². The number of hydrogen-bond acceptors (Lipinski definition) is 4. The highest BCUT2D eigenvalue weighted by Gasteiger charge is 2.58. The molecule has 2 fully saturated rings. The molecular formula is C22H25FN2O3. The van der Waals surface area contributed by atoms with E-state index in [0.29, 0.717) is 11.4 Å². The Labute approximate surface area is 164 Å². The molecule has 0 bridgehead atoms. The summed E-state index contributed by atoms with van der Waals surface area (Å²) in [5.74, 6) is 0.313. The first-order valence-electron chi connectivity index (χ1n) is 9.64. The van der Waals surface area contributed by atoms with Gasteiger partial charge in [0.25, 0.3) is 0 Å². The molecule has 2 aromatic rings. The first kappa shape index (κ1) is 18.7. The van der Waals surface area contributed by atoms with Crippen LogP contribution >= 0.6 is 0 Å². The zero-order valence-electron chi connectivity index (χ0n) is 16.0. The van der Waals surface area contributed by atoms with Gasteiger partial charge in [-0.2, -0.15) is 0 Å². The van der Waals surface area contributed by atoms with E-state index in [1.54, 1.807) is 25.3 Å². The molecule has 1 aliphatic heterocycles. The lowest BCUT2D eigenvalue weighted by Crippen LogP contribution is -2.35. The molecule has 5 nitrogen and oxygen atoms in total. The molecule has 0 aromatic heterocycles. The van der Waals surface area contributed by atoms with Crippen molar-refractivity contribution in [1.29, 1.82) is 0 Å². The summed E-state index contributed by atoms with van der Waals surface area (Å²) in [6.07, 6.45) is 2.89. The minimum atomic E-state index is -0.345. The average Bonchev–Trinajstić information content (AvgIpc) is 3.39. The van der Waals surface area contributed by atoms with Crippen LogP contribution < -0.4 is 10.1 Å². The summed E-state index contributed by atoms with van der Waals surface area (Å²) in [6.45, 7) is 2.67. The van der Waals surface area contributed by atoms with E-state index >= 15 is 0 Å². The van der Waals surface area contributed by atoms with Gasteiger partial charge >= 0.3 is 0 Å². The number of likely N-dealkylation sites (tertiary alicyclic amines) is 1. The third kappa shape index (κ3) is 3.83. The van der Waals surface area contributed by atoms with Crippen LogP contribution in [0.5, 0.6) is 11.5 Å². The number of halogens is 1. The molecule has 2 N–H and O–H groups in total. The Bertz CT molecular complexity index is 878. The summed E-state index contributed by atoms with van der Waals surface area (Å²) in [5, 5.41) is 12.6. The van der Waals surface area contributed by atoms with E-state index in [0.717, 1.165) is 44.5 Å². The number of piperidine rings is 1. The van der Waals surface area contributed by atoms with Crippen LogP contribution in [0.15, 0.2) is 42.5 Å². The molecule has 28 heavy (non-hydrogen) atoms. The first-order valence-corrected chi connectivity index (χ1v) is 9.64. The van der Waals surface area contributed by atoms with Crippen LogP contribution in [0.2, 0.25) is 0 Å². The molecule has 1 aliphatic carbocycles. The van der Waals surface area contributed by atoms with Crippen molar-refractivity contribution in [1.82, 2.24) is 4.90 Å². The molecule has 4 rings (SSSR count). The number of rotatable bonds is 5. The maximum Gasteiger partial charge on any atom is 0.228 e. The summed E-state index contributed by atoms with van der Waals surface area (Å²) in [5.41, 5.74) is 1.72. The summed E-state index contributed by atoms with van der Waals surface area (Å²) in [4.78, 5) is 14.9. The van der Waals surface area contributed by atoms with Crippen molar-refractivity contribution in [3.05, 3.63) is 53.8 Å². The van der Waals surface area contributed by atoms with Gasteiger partial charge in [-0.1, -0.05) is 12.1 Å². The lowest BCUT2D eigenvalue weighted by atomic mass is 9.90. The third-order valence-corrected chi connectivity index (χ3v) is 6.10. The van der Waals surface area contributed by atoms with Gasteiger partial charge in [0.1, 0.15) is 5.82 Å². The van der Waals surface area contributed by atoms with E-state index < -0.39 is 0 Å². The van der Waals surface area contributed by atoms with Crippen molar-refractivity contribution < 1.29 is 19.0 Å². The molecule has 1 heterocycles. The van der Waals surface area contributed by atoms with E-state index in [2.05, 4.69) is 10.2 Å². The highest BCUT2D eigenvalue weighted by molar-refractivity contribution is 5.95. The third-order valence-electron chi connectivity index (χ3n) is 6.10. The minimum Gasteiger partial charge on any atom is -0.504 e. The van der Waals surface area contributed by atoms with Gasteiger partial charge in [0.2, 0.25) is 5.91 Å². The number of nitrogens with zero attached hydrogens (tertiary/aromatic N) is 1. The Morgan fingerprint density at radius 3 is 2.79 bits per heavy atom. The number of nitrogens with one attached hydrogen (secondary N) is 1. The van der Waals surface area contributed by atoms with Gasteiger partial charge in [-0.15, -0.1) is 0 Å². The summed E-state index contributed by atoms with van der Waals surface area (Å²) < 4.78 is 18.5. The predicted molar refractivity (Wildman–Crippen MR) is 105 cm³/mol. The maximum absolute atomic E-state index is 13.3. The van der Waals surface area contributed by atoms with Crippen LogP contribution in [-0.2, 0) is 11.3 Å². The number of aromatic hydroxyl groups is 1. The number of methoxy groups -OCH3 is 1. The van der Waals surface area contributed by atoms with Gasteiger partial charge in [-0.25, -0.2) is 4.39 Å². The molecule has 1 saturated heterocycles. The first-order chi connectivity index (χ1) is 13.5. The standard InChI is InChI=1S/C22H25FN2O3/c1-28-20-11-15(5-6-19(20)26)14-25-9-7-22(8-10-25)13-18(22)21(27)24-17-4-2-3-16(23)12-17/h2-6,11-12,18,26H,7-10,13-14H2,1H3,(H,24,27). The molecule has 6 heteroatoms. The lowest BCUT2D eigenvalue weighted by molar-refractivity contribution is -0.118. The van der Waals surface area contributed by atoms with Gasteiger partial charge in [-0.05, 0) is 73.7 Å². The Morgan fingerprint density at radius 1 is 1.29 bits per heavy atom. The van der Waals surface area contributed by atoms with Crippen LogP contribution in [0.3, 0.4) is 0 Å². The second-order valence-electron chi connectivity index (χ2n) is 7.90. The molecule has 2 aromatic carbocycles. The smallest absolute Gasteiger partial charge is 0.228 e. The van der Waals surface area contributed by atoms with Crippen molar-refractivity contribution in [3.8, 4) is 11.5 Å². The minimum absolute atomic E-state index is 0.00215. The highest BCUT2D eigenvalue weighted by atomic mass is 19.1. The van der Waals surface area contributed by atoms with E-state index in [1.165, 1.54) is 12.1 Å². The fraction of sp³-hybridized carbons (Fsp3) is 0.409. The zero-order valence-corrected chi connectivity index (χ0v) is 16.0. The largest absolute Gasteiger partial charge is 0.504 e. The second kappa shape index (κ2) is 7.43. The fourth-order valence-corrected chi connectivity index (χ4v) is 4.30. The van der Waals surface area contributed by atoms with E-state index in [-0.39, 0.29) is 28.8 Å². The number of phenolic OH excluding ortho intramolecular Hbond substituents is 1. The van der Waals surface area contributed by atoms with Crippen LogP contribution in [-0.4, -0.2) is 36.1 Å². The van der Waals surface area contributed by atoms with Gasteiger partial charge in [0, 0.05) is 18.2 Å². The molecule has 1 spiro atoms. The van der Waals surface area contributed by atoms with Crippen molar-refractivity contribution in [2.24, 2.45) is 11.3 Å². The maximum atomic E-state index is 13.3.